The molecule has 0 spiro atoms. The summed E-state index contributed by atoms with van der Waals surface area (Å²) in [5, 5.41) is 14.3. The number of para-hydroxylation sites is 1. The van der Waals surface area contributed by atoms with Crippen LogP contribution in [0, 0.1) is 10.1 Å². The summed E-state index contributed by atoms with van der Waals surface area (Å²) in [5.74, 6) is 0.193. The molecule has 7 heteroatoms. The Kier molecular flexibility index (Phi) is 5.61. The maximum absolute atomic E-state index is 12.6. The Morgan fingerprint density at radius 2 is 1.80 bits per heavy atom. The molecule has 0 fully saturated rings. The molecule has 0 bridgehead atoms. The highest BCUT2D eigenvalue weighted by atomic mass is 16.6. The van der Waals surface area contributed by atoms with E-state index >= 15 is 0 Å². The SMILES string of the molecule is O=C1Nc2ccccc2CCC1Oc1ccc([N+](=O)[O-])c(OCc2ccccc2)c1. The number of carbonyl (C=O) groups excluding carboxylic acids is 1. The molecule has 30 heavy (non-hydrogen) atoms. The van der Waals surface area contributed by atoms with Gasteiger partial charge in [-0.1, -0.05) is 48.5 Å². The summed E-state index contributed by atoms with van der Waals surface area (Å²) in [6, 6.07) is 21.3. The molecule has 7 nitrogen and oxygen atoms in total. The number of amides is 1. The van der Waals surface area contributed by atoms with Crippen LogP contribution in [-0.4, -0.2) is 16.9 Å². The number of fused-ring (bicyclic) bond motifs is 1. The zero-order chi connectivity index (χ0) is 20.9. The Morgan fingerprint density at radius 1 is 1.03 bits per heavy atom. The van der Waals surface area contributed by atoms with E-state index in [9.17, 15) is 14.9 Å². The molecule has 1 aliphatic rings. The van der Waals surface area contributed by atoms with E-state index < -0.39 is 11.0 Å². The maximum atomic E-state index is 12.6. The predicted molar refractivity (Wildman–Crippen MR) is 112 cm³/mol. The first-order valence-electron chi connectivity index (χ1n) is 9.61. The van der Waals surface area contributed by atoms with Gasteiger partial charge in [0.25, 0.3) is 5.91 Å². The highest BCUT2D eigenvalue weighted by molar-refractivity contribution is 5.95. The highest BCUT2D eigenvalue weighted by Crippen LogP contribution is 2.33. The van der Waals surface area contributed by atoms with Crippen molar-refractivity contribution < 1.29 is 19.2 Å². The molecule has 0 aliphatic carbocycles. The van der Waals surface area contributed by atoms with Crippen molar-refractivity contribution >= 4 is 17.3 Å². The summed E-state index contributed by atoms with van der Waals surface area (Å²) in [7, 11) is 0. The molecule has 1 amide bonds. The number of rotatable bonds is 6. The van der Waals surface area contributed by atoms with Crippen molar-refractivity contribution in [2.45, 2.75) is 25.6 Å². The molecule has 152 valence electrons. The fraction of sp³-hybridized carbons (Fsp3) is 0.174. The Hall–Kier alpha value is -3.87. The van der Waals surface area contributed by atoms with Crippen LogP contribution in [0.4, 0.5) is 11.4 Å². The zero-order valence-electron chi connectivity index (χ0n) is 16.1. The van der Waals surface area contributed by atoms with Gasteiger partial charge in [-0.3, -0.25) is 14.9 Å². The quantitative estimate of drug-likeness (QED) is 0.482. The fourth-order valence-corrected chi connectivity index (χ4v) is 3.34. The van der Waals surface area contributed by atoms with Gasteiger partial charge in [-0.05, 0) is 36.1 Å². The standard InChI is InChI=1S/C23H20N2O5/c26-23-21(13-10-17-8-4-5-9-19(17)24-23)30-18-11-12-20(25(27)28)22(14-18)29-15-16-6-2-1-3-7-16/h1-9,11-12,14,21H,10,13,15H2,(H,24,26). The summed E-state index contributed by atoms with van der Waals surface area (Å²) in [6.45, 7) is 0.185. The van der Waals surface area contributed by atoms with Crippen LogP contribution in [0.3, 0.4) is 0 Å². The van der Waals surface area contributed by atoms with Crippen molar-refractivity contribution in [2.24, 2.45) is 0 Å². The van der Waals surface area contributed by atoms with E-state index in [0.29, 0.717) is 18.6 Å². The summed E-state index contributed by atoms with van der Waals surface area (Å²) in [4.78, 5) is 23.5. The molecule has 0 saturated heterocycles. The summed E-state index contributed by atoms with van der Waals surface area (Å²) < 4.78 is 11.6. The largest absolute Gasteiger partial charge is 0.482 e. The Balaban J connectivity index is 1.51. The third kappa shape index (κ3) is 4.41. The number of ether oxygens (including phenoxy) is 2. The number of hydrogen-bond donors (Lipinski definition) is 1. The lowest BCUT2D eigenvalue weighted by Gasteiger charge is -2.17. The molecular weight excluding hydrogens is 384 g/mol. The average molecular weight is 404 g/mol. The number of nitrogens with zero attached hydrogens (tertiary/aromatic N) is 1. The minimum atomic E-state index is -0.708. The number of anilines is 1. The van der Waals surface area contributed by atoms with Crippen molar-refractivity contribution in [3.05, 3.63) is 94.0 Å². The van der Waals surface area contributed by atoms with Gasteiger partial charge in [-0.25, -0.2) is 0 Å². The van der Waals surface area contributed by atoms with Gasteiger partial charge >= 0.3 is 5.69 Å². The molecule has 4 rings (SSSR count). The molecule has 0 aromatic heterocycles. The van der Waals surface area contributed by atoms with Gasteiger partial charge in [0.2, 0.25) is 5.75 Å². The van der Waals surface area contributed by atoms with Gasteiger partial charge in [-0.2, -0.15) is 0 Å². The molecule has 3 aromatic rings. The lowest BCUT2D eigenvalue weighted by molar-refractivity contribution is -0.386. The van der Waals surface area contributed by atoms with Crippen molar-refractivity contribution in [3.8, 4) is 11.5 Å². The fourth-order valence-electron chi connectivity index (χ4n) is 3.34. The lowest BCUT2D eigenvalue weighted by atomic mass is 10.1. The van der Waals surface area contributed by atoms with Gasteiger partial charge in [0.05, 0.1) is 4.92 Å². The normalized spacial score (nSPS) is 15.5. The molecule has 3 aromatic carbocycles. The van der Waals surface area contributed by atoms with E-state index in [-0.39, 0.29) is 24.0 Å². The molecule has 1 aliphatic heterocycles. The topological polar surface area (TPSA) is 90.7 Å². The molecule has 0 radical (unpaired) electrons. The Bertz CT molecular complexity index is 1070. The minimum Gasteiger partial charge on any atom is -0.482 e. The molecule has 0 saturated carbocycles. The second-order valence-electron chi connectivity index (χ2n) is 6.95. The number of nitro benzene ring substituents is 1. The van der Waals surface area contributed by atoms with Crippen LogP contribution in [0.2, 0.25) is 0 Å². The van der Waals surface area contributed by atoms with Crippen LogP contribution < -0.4 is 14.8 Å². The maximum Gasteiger partial charge on any atom is 0.311 e. The lowest BCUT2D eigenvalue weighted by Crippen LogP contribution is -2.31. The van der Waals surface area contributed by atoms with Crippen molar-refractivity contribution in [3.63, 3.8) is 0 Å². The third-order valence-corrected chi connectivity index (χ3v) is 4.89. The molecular formula is C23H20N2O5. The summed E-state index contributed by atoms with van der Waals surface area (Å²) in [5.41, 5.74) is 2.56. The monoisotopic (exact) mass is 404 g/mol. The van der Waals surface area contributed by atoms with Gasteiger partial charge in [-0.15, -0.1) is 0 Å². The van der Waals surface area contributed by atoms with Crippen molar-refractivity contribution in [2.75, 3.05) is 5.32 Å². The Morgan fingerprint density at radius 3 is 2.60 bits per heavy atom. The second-order valence-corrected chi connectivity index (χ2v) is 6.95. The first-order valence-corrected chi connectivity index (χ1v) is 9.61. The summed E-state index contributed by atoms with van der Waals surface area (Å²) >= 11 is 0. The van der Waals surface area contributed by atoms with Gasteiger partial charge in [0.15, 0.2) is 6.10 Å². The van der Waals surface area contributed by atoms with E-state index in [1.807, 2.05) is 54.6 Å². The van der Waals surface area contributed by atoms with E-state index in [1.165, 1.54) is 18.2 Å². The van der Waals surface area contributed by atoms with Crippen LogP contribution in [0.25, 0.3) is 0 Å². The van der Waals surface area contributed by atoms with Crippen LogP contribution in [0.5, 0.6) is 11.5 Å². The zero-order valence-corrected chi connectivity index (χ0v) is 16.1. The first-order chi connectivity index (χ1) is 14.6. The van der Waals surface area contributed by atoms with Crippen LogP contribution in [-0.2, 0) is 17.8 Å². The smallest absolute Gasteiger partial charge is 0.311 e. The van der Waals surface area contributed by atoms with Crippen LogP contribution in [0.1, 0.15) is 17.5 Å². The van der Waals surface area contributed by atoms with E-state index in [2.05, 4.69) is 5.32 Å². The number of benzene rings is 3. The number of nitrogens with one attached hydrogen (secondary N) is 1. The van der Waals surface area contributed by atoms with Crippen LogP contribution in [0.15, 0.2) is 72.8 Å². The number of aryl methyl sites for hydroxylation is 1. The van der Waals surface area contributed by atoms with Gasteiger partial charge in [0.1, 0.15) is 12.4 Å². The van der Waals surface area contributed by atoms with E-state index in [0.717, 1.165) is 16.8 Å². The predicted octanol–water partition coefficient (Wildman–Crippen LogP) is 4.51. The molecule has 1 unspecified atom stereocenters. The van der Waals surface area contributed by atoms with E-state index in [1.54, 1.807) is 0 Å². The van der Waals surface area contributed by atoms with Crippen LogP contribution >= 0.6 is 0 Å². The number of hydrogen-bond acceptors (Lipinski definition) is 5. The molecule has 1 atom stereocenters. The molecule has 1 N–H and O–H groups in total. The number of carbonyl (C=O) groups is 1. The van der Waals surface area contributed by atoms with Crippen molar-refractivity contribution in [1.82, 2.24) is 0 Å². The van der Waals surface area contributed by atoms with E-state index in [4.69, 9.17) is 9.47 Å². The molecule has 1 heterocycles. The summed E-state index contributed by atoms with van der Waals surface area (Å²) in [6.07, 6.45) is 0.477. The second kappa shape index (κ2) is 8.65. The van der Waals surface area contributed by atoms with Gasteiger partial charge < -0.3 is 14.8 Å². The number of nitro groups is 1. The average Bonchev–Trinajstić information content (AvgIpc) is 2.91. The minimum absolute atomic E-state index is 0.0960. The highest BCUT2D eigenvalue weighted by Gasteiger charge is 2.26. The van der Waals surface area contributed by atoms with Gasteiger partial charge in [0, 0.05) is 17.8 Å². The first kappa shape index (κ1) is 19.4. The van der Waals surface area contributed by atoms with Crippen molar-refractivity contribution in [1.29, 1.82) is 0 Å². The third-order valence-electron chi connectivity index (χ3n) is 4.89. The Labute approximate surface area is 173 Å².